The van der Waals surface area contributed by atoms with E-state index in [4.69, 9.17) is 0 Å². The molecule has 5 N–H and O–H groups in total. The molecular formula is C6H13N6O-. The zero-order chi connectivity index (χ0) is 8.84. The van der Waals surface area contributed by atoms with Crippen molar-refractivity contribution in [1.29, 1.82) is 0 Å². The van der Waals surface area contributed by atoms with Crippen molar-refractivity contribution in [3.05, 3.63) is 5.21 Å². The number of hydrazine groups is 4. The van der Waals surface area contributed by atoms with Crippen LogP contribution in [0.4, 0.5) is 0 Å². The summed E-state index contributed by atoms with van der Waals surface area (Å²) in [6, 6.07) is 0.932. The fourth-order valence-corrected chi connectivity index (χ4v) is 2.44. The van der Waals surface area contributed by atoms with Gasteiger partial charge in [-0.25, -0.2) is 21.8 Å². The zero-order valence-electron chi connectivity index (χ0n) is 7.08. The molecule has 0 bridgehead atoms. The number of hydrogen-bond donors (Lipinski definition) is 5. The lowest BCUT2D eigenvalue weighted by molar-refractivity contribution is 0.206. The summed E-state index contributed by atoms with van der Waals surface area (Å²) in [5.74, 6) is 0. The van der Waals surface area contributed by atoms with Gasteiger partial charge in [0.15, 0.2) is 0 Å². The summed E-state index contributed by atoms with van der Waals surface area (Å²) in [5.41, 5.74) is 14.8. The second-order valence-corrected chi connectivity index (χ2v) is 3.80. The summed E-state index contributed by atoms with van der Waals surface area (Å²) in [6.07, 6.45) is 1.94. The van der Waals surface area contributed by atoms with Gasteiger partial charge in [0.25, 0.3) is 0 Å². The van der Waals surface area contributed by atoms with Crippen LogP contribution in [-0.4, -0.2) is 29.3 Å². The van der Waals surface area contributed by atoms with Gasteiger partial charge in [-0.05, 0) is 12.8 Å². The molecule has 2 heterocycles. The normalized spacial score (nSPS) is 50.5. The lowest BCUT2D eigenvalue weighted by Crippen LogP contribution is -2.57. The zero-order valence-corrected chi connectivity index (χ0v) is 7.08. The van der Waals surface area contributed by atoms with Crippen LogP contribution in [0.15, 0.2) is 0 Å². The third-order valence-corrected chi connectivity index (χ3v) is 3.15. The Morgan fingerprint density at radius 3 is 2.92 bits per heavy atom. The van der Waals surface area contributed by atoms with Crippen molar-refractivity contribution in [2.75, 3.05) is 0 Å². The van der Waals surface area contributed by atoms with Crippen molar-refractivity contribution >= 4 is 0 Å². The molecule has 4 unspecified atom stereocenters. The molecule has 1 aliphatic carbocycles. The first-order chi connectivity index (χ1) is 6.36. The van der Waals surface area contributed by atoms with Crippen LogP contribution in [0.1, 0.15) is 12.8 Å². The van der Waals surface area contributed by atoms with Gasteiger partial charge in [0.1, 0.15) is 0 Å². The lowest BCUT2D eigenvalue weighted by atomic mass is 9.84. The van der Waals surface area contributed by atoms with Crippen molar-refractivity contribution in [2.45, 2.75) is 37.0 Å². The van der Waals surface area contributed by atoms with Gasteiger partial charge in [-0.15, -0.1) is 0 Å². The largest absolute Gasteiger partial charge is 0.770 e. The lowest BCUT2D eigenvalue weighted by Gasteiger charge is -2.38. The number of fused-ring (bicyclic) bond motifs is 3. The molecule has 3 aliphatic rings. The number of hydroxylamine groups is 1. The Bertz CT molecular complexity index is 213. The molecule has 3 rings (SSSR count). The van der Waals surface area contributed by atoms with Gasteiger partial charge < -0.3 is 10.4 Å². The van der Waals surface area contributed by atoms with E-state index in [2.05, 4.69) is 27.3 Å². The van der Waals surface area contributed by atoms with E-state index in [0.717, 1.165) is 18.0 Å². The SMILES string of the molecule is [O-]N1NNC2C3NNNC3CCC21. The third kappa shape index (κ3) is 1.10. The van der Waals surface area contributed by atoms with Crippen molar-refractivity contribution in [2.24, 2.45) is 0 Å². The molecule has 7 nitrogen and oxygen atoms in total. The first-order valence-corrected chi connectivity index (χ1v) is 4.60. The molecule has 1 saturated carbocycles. The maximum atomic E-state index is 11.3. The molecule has 0 aromatic heterocycles. The number of nitrogens with zero attached hydrogens (tertiary/aromatic N) is 1. The highest BCUT2D eigenvalue weighted by Crippen LogP contribution is 2.26. The Labute approximate surface area is 75.7 Å². The van der Waals surface area contributed by atoms with Crippen LogP contribution in [0.25, 0.3) is 0 Å². The van der Waals surface area contributed by atoms with Gasteiger partial charge in [-0.3, -0.25) is 0 Å². The van der Waals surface area contributed by atoms with E-state index >= 15 is 0 Å². The summed E-state index contributed by atoms with van der Waals surface area (Å²) < 4.78 is 0. The summed E-state index contributed by atoms with van der Waals surface area (Å²) in [6.45, 7) is 0. The van der Waals surface area contributed by atoms with Gasteiger partial charge in [0, 0.05) is 12.1 Å². The van der Waals surface area contributed by atoms with Crippen LogP contribution < -0.4 is 27.3 Å². The minimum absolute atomic E-state index is 0.0513. The predicted octanol–water partition coefficient (Wildman–Crippen LogP) is -2.31. The fraction of sp³-hybridized carbons (Fsp3) is 1.00. The third-order valence-electron chi connectivity index (χ3n) is 3.15. The molecule has 74 valence electrons. The summed E-state index contributed by atoms with van der Waals surface area (Å²) in [5, 5.41) is 12.2. The number of hydrogen-bond acceptors (Lipinski definition) is 7. The second kappa shape index (κ2) is 2.85. The molecule has 2 aliphatic heterocycles. The fourth-order valence-electron chi connectivity index (χ4n) is 2.44. The molecule has 7 heteroatoms. The minimum Gasteiger partial charge on any atom is -0.770 e. The summed E-state index contributed by atoms with van der Waals surface area (Å²) in [4.78, 5) is 0. The van der Waals surface area contributed by atoms with Crippen molar-refractivity contribution in [1.82, 2.24) is 32.5 Å². The number of rotatable bonds is 0. The molecular weight excluding hydrogens is 172 g/mol. The van der Waals surface area contributed by atoms with Gasteiger partial charge in [-0.2, -0.15) is 5.53 Å². The van der Waals surface area contributed by atoms with Crippen LogP contribution in [0.2, 0.25) is 0 Å². The van der Waals surface area contributed by atoms with E-state index in [1.54, 1.807) is 0 Å². The first-order valence-electron chi connectivity index (χ1n) is 4.60. The highest BCUT2D eigenvalue weighted by molar-refractivity contribution is 5.05. The Hall–Kier alpha value is -0.280. The molecule has 0 radical (unpaired) electrons. The standard InChI is InChI=1S/C6H13N6O/c13-12-4-2-1-3-5(8-10-7-3)6(4)9-11-12/h3-11H,1-2H2/q-1. The topological polar surface area (TPSA) is 86.5 Å². The molecule has 0 aromatic rings. The quantitative estimate of drug-likeness (QED) is 0.290. The summed E-state index contributed by atoms with van der Waals surface area (Å²) in [7, 11) is 0. The molecule has 0 aromatic carbocycles. The first kappa shape index (κ1) is 8.06. The maximum Gasteiger partial charge on any atom is 0.0576 e. The number of nitrogens with one attached hydrogen (secondary N) is 5. The van der Waals surface area contributed by atoms with Crippen LogP contribution in [0.3, 0.4) is 0 Å². The highest BCUT2D eigenvalue weighted by atomic mass is 16.6. The second-order valence-electron chi connectivity index (χ2n) is 3.80. The molecule has 13 heavy (non-hydrogen) atoms. The molecule has 2 saturated heterocycles. The van der Waals surface area contributed by atoms with Crippen LogP contribution >= 0.6 is 0 Å². The van der Waals surface area contributed by atoms with Gasteiger partial charge in [0.2, 0.25) is 0 Å². The van der Waals surface area contributed by atoms with Crippen molar-refractivity contribution < 1.29 is 0 Å². The van der Waals surface area contributed by atoms with Crippen molar-refractivity contribution in [3.8, 4) is 0 Å². The van der Waals surface area contributed by atoms with E-state index in [0.29, 0.717) is 6.04 Å². The van der Waals surface area contributed by atoms with E-state index in [-0.39, 0.29) is 18.1 Å². The Morgan fingerprint density at radius 1 is 1.08 bits per heavy atom. The Morgan fingerprint density at radius 2 is 2.00 bits per heavy atom. The highest BCUT2D eigenvalue weighted by Gasteiger charge is 2.45. The van der Waals surface area contributed by atoms with Gasteiger partial charge >= 0.3 is 0 Å². The average molecular weight is 185 g/mol. The predicted molar refractivity (Wildman–Crippen MR) is 45.3 cm³/mol. The monoisotopic (exact) mass is 185 g/mol. The Balaban J connectivity index is 1.81. The van der Waals surface area contributed by atoms with E-state index in [9.17, 15) is 5.21 Å². The van der Waals surface area contributed by atoms with E-state index in [1.807, 2.05) is 0 Å². The Kier molecular flexibility index (Phi) is 1.77. The average Bonchev–Trinajstić information content (AvgIpc) is 2.70. The van der Waals surface area contributed by atoms with Crippen LogP contribution in [0.5, 0.6) is 0 Å². The molecule has 0 spiro atoms. The van der Waals surface area contributed by atoms with Gasteiger partial charge in [0.05, 0.1) is 12.1 Å². The maximum absolute atomic E-state index is 11.3. The van der Waals surface area contributed by atoms with Crippen molar-refractivity contribution in [3.63, 3.8) is 0 Å². The van der Waals surface area contributed by atoms with Gasteiger partial charge in [-0.1, -0.05) is 0 Å². The summed E-state index contributed by atoms with van der Waals surface area (Å²) >= 11 is 0. The van der Waals surface area contributed by atoms with Crippen LogP contribution in [-0.2, 0) is 0 Å². The minimum atomic E-state index is 0.0513. The van der Waals surface area contributed by atoms with E-state index < -0.39 is 0 Å². The molecule has 4 atom stereocenters. The molecule has 3 fully saturated rings. The smallest absolute Gasteiger partial charge is 0.0576 e. The van der Waals surface area contributed by atoms with Crippen LogP contribution in [0, 0.1) is 5.21 Å². The molecule has 0 amide bonds. The van der Waals surface area contributed by atoms with E-state index in [1.165, 1.54) is 0 Å².